The highest BCUT2D eigenvalue weighted by Crippen LogP contribution is 2.13. The average molecular weight is 347 g/mol. The maximum absolute atomic E-state index is 12.4. The lowest BCUT2D eigenvalue weighted by Gasteiger charge is -2.20. The first-order valence-electron chi connectivity index (χ1n) is 7.34. The van der Waals surface area contributed by atoms with Crippen LogP contribution < -0.4 is 5.32 Å². The fourth-order valence-electron chi connectivity index (χ4n) is 2.06. The van der Waals surface area contributed by atoms with Crippen molar-refractivity contribution in [2.45, 2.75) is 13.5 Å². The first kappa shape index (κ1) is 17.6. The predicted octanol–water partition coefficient (Wildman–Crippen LogP) is 2.43. The smallest absolute Gasteiger partial charge is 0.269 e. The molecule has 0 unspecified atom stereocenters. The van der Waals surface area contributed by atoms with Crippen molar-refractivity contribution in [3.05, 3.63) is 62.3 Å². The van der Waals surface area contributed by atoms with Crippen LogP contribution in [0.4, 0.5) is 5.69 Å². The van der Waals surface area contributed by atoms with Gasteiger partial charge in [0.1, 0.15) is 0 Å². The second-order valence-corrected chi connectivity index (χ2v) is 6.01. The van der Waals surface area contributed by atoms with Crippen molar-refractivity contribution in [1.29, 1.82) is 0 Å². The molecule has 1 N–H and O–H groups in total. The third kappa shape index (κ3) is 4.63. The molecule has 0 aliphatic carbocycles. The van der Waals surface area contributed by atoms with E-state index in [0.717, 1.165) is 4.88 Å². The van der Waals surface area contributed by atoms with Crippen molar-refractivity contribution >= 4 is 28.8 Å². The number of thiophene rings is 1. The maximum Gasteiger partial charge on any atom is 0.269 e. The second-order valence-electron chi connectivity index (χ2n) is 4.98. The van der Waals surface area contributed by atoms with Gasteiger partial charge in [-0.15, -0.1) is 11.3 Å². The summed E-state index contributed by atoms with van der Waals surface area (Å²) in [6, 6.07) is 9.17. The van der Waals surface area contributed by atoms with Crippen molar-refractivity contribution < 1.29 is 14.5 Å². The van der Waals surface area contributed by atoms with Gasteiger partial charge in [-0.25, -0.2) is 0 Å². The average Bonchev–Trinajstić information content (AvgIpc) is 3.11. The normalized spacial score (nSPS) is 10.2. The van der Waals surface area contributed by atoms with Gasteiger partial charge in [-0.2, -0.15) is 0 Å². The highest BCUT2D eigenvalue weighted by atomic mass is 32.1. The standard InChI is InChI=1S/C16H17N3O4S/c1-2-18(11-15(20)17-10-14-4-3-9-24-14)16(21)12-5-7-13(8-6-12)19(22)23/h3-9H,2,10-11H2,1H3,(H,17,20). The Balaban J connectivity index is 1.95. The number of rotatable bonds is 7. The number of nitro benzene ring substituents is 1. The number of carbonyl (C=O) groups is 2. The summed E-state index contributed by atoms with van der Waals surface area (Å²) in [5, 5.41) is 15.3. The largest absolute Gasteiger partial charge is 0.350 e. The number of nitro groups is 1. The number of nitrogens with zero attached hydrogens (tertiary/aromatic N) is 2. The van der Waals surface area contributed by atoms with Crippen molar-refractivity contribution in [1.82, 2.24) is 10.2 Å². The molecular weight excluding hydrogens is 330 g/mol. The molecule has 0 spiro atoms. The number of carbonyl (C=O) groups excluding carboxylic acids is 2. The number of likely N-dealkylation sites (N-methyl/N-ethyl adjacent to an activating group) is 1. The molecule has 1 aromatic carbocycles. The van der Waals surface area contributed by atoms with E-state index in [-0.39, 0.29) is 24.0 Å². The van der Waals surface area contributed by atoms with Crippen LogP contribution in [0.1, 0.15) is 22.2 Å². The van der Waals surface area contributed by atoms with Crippen LogP contribution in [0, 0.1) is 10.1 Å². The minimum absolute atomic E-state index is 0.0578. The van der Waals surface area contributed by atoms with Crippen LogP contribution in [0.2, 0.25) is 0 Å². The van der Waals surface area contributed by atoms with Gasteiger partial charge in [0.05, 0.1) is 18.0 Å². The fourth-order valence-corrected chi connectivity index (χ4v) is 2.71. The Morgan fingerprint density at radius 2 is 1.96 bits per heavy atom. The SMILES string of the molecule is CCN(CC(=O)NCc1cccs1)C(=O)c1ccc([N+](=O)[O-])cc1. The molecule has 0 saturated heterocycles. The molecule has 0 atom stereocenters. The van der Waals surface area contributed by atoms with Gasteiger partial charge in [0.25, 0.3) is 11.6 Å². The molecular formula is C16H17N3O4S. The highest BCUT2D eigenvalue weighted by Gasteiger charge is 2.18. The number of amides is 2. The molecule has 0 radical (unpaired) electrons. The zero-order valence-electron chi connectivity index (χ0n) is 13.1. The Kier molecular flexibility index (Phi) is 6.02. The van der Waals surface area contributed by atoms with E-state index >= 15 is 0 Å². The van der Waals surface area contributed by atoms with E-state index in [0.29, 0.717) is 18.7 Å². The number of hydrogen-bond donors (Lipinski definition) is 1. The molecule has 2 aromatic rings. The summed E-state index contributed by atoms with van der Waals surface area (Å²) in [6.07, 6.45) is 0. The molecule has 0 aliphatic rings. The van der Waals surface area contributed by atoms with Gasteiger partial charge in [0.15, 0.2) is 0 Å². The Labute approximate surface area is 143 Å². The van der Waals surface area contributed by atoms with Crippen LogP contribution >= 0.6 is 11.3 Å². The van der Waals surface area contributed by atoms with E-state index in [1.54, 1.807) is 18.3 Å². The molecule has 126 valence electrons. The third-order valence-electron chi connectivity index (χ3n) is 3.37. The minimum atomic E-state index is -0.524. The van der Waals surface area contributed by atoms with Gasteiger partial charge in [-0.1, -0.05) is 6.07 Å². The van der Waals surface area contributed by atoms with Crippen molar-refractivity contribution in [2.75, 3.05) is 13.1 Å². The molecule has 0 aliphatic heterocycles. The van der Waals surface area contributed by atoms with Gasteiger partial charge in [-0.3, -0.25) is 19.7 Å². The van der Waals surface area contributed by atoms with E-state index in [1.807, 2.05) is 17.5 Å². The first-order chi connectivity index (χ1) is 11.5. The van der Waals surface area contributed by atoms with Gasteiger partial charge >= 0.3 is 0 Å². The van der Waals surface area contributed by atoms with Crippen molar-refractivity contribution in [3.8, 4) is 0 Å². The van der Waals surface area contributed by atoms with Gasteiger partial charge < -0.3 is 10.2 Å². The topological polar surface area (TPSA) is 92.6 Å². The van der Waals surface area contributed by atoms with Gasteiger partial charge in [0, 0.05) is 29.1 Å². The third-order valence-corrected chi connectivity index (χ3v) is 4.24. The van der Waals surface area contributed by atoms with Crippen LogP contribution in [0.15, 0.2) is 41.8 Å². The predicted molar refractivity (Wildman–Crippen MR) is 90.8 cm³/mol. The minimum Gasteiger partial charge on any atom is -0.350 e. The van der Waals surface area contributed by atoms with Crippen LogP contribution in [-0.2, 0) is 11.3 Å². The molecule has 0 saturated carbocycles. The lowest BCUT2D eigenvalue weighted by Crippen LogP contribution is -2.40. The molecule has 0 bridgehead atoms. The van der Waals surface area contributed by atoms with E-state index in [2.05, 4.69) is 5.32 Å². The Hall–Kier alpha value is -2.74. The summed E-state index contributed by atoms with van der Waals surface area (Å²) < 4.78 is 0. The molecule has 0 fully saturated rings. The summed E-state index contributed by atoms with van der Waals surface area (Å²) in [6.45, 7) is 2.51. The summed E-state index contributed by atoms with van der Waals surface area (Å²) in [5.41, 5.74) is 0.233. The van der Waals surface area contributed by atoms with Crippen LogP contribution in [0.25, 0.3) is 0 Å². The van der Waals surface area contributed by atoms with Crippen molar-refractivity contribution in [3.63, 3.8) is 0 Å². The Morgan fingerprint density at radius 1 is 1.25 bits per heavy atom. The number of benzene rings is 1. The van der Waals surface area contributed by atoms with E-state index in [4.69, 9.17) is 0 Å². The lowest BCUT2D eigenvalue weighted by molar-refractivity contribution is -0.384. The van der Waals surface area contributed by atoms with Crippen LogP contribution in [-0.4, -0.2) is 34.7 Å². The van der Waals surface area contributed by atoms with Crippen LogP contribution in [0.5, 0.6) is 0 Å². The molecule has 8 heteroatoms. The quantitative estimate of drug-likeness (QED) is 0.615. The molecule has 24 heavy (non-hydrogen) atoms. The number of hydrogen-bond acceptors (Lipinski definition) is 5. The number of nitrogens with one attached hydrogen (secondary N) is 1. The Bertz CT molecular complexity index is 713. The van der Waals surface area contributed by atoms with E-state index in [9.17, 15) is 19.7 Å². The van der Waals surface area contributed by atoms with E-state index in [1.165, 1.54) is 29.2 Å². The summed E-state index contributed by atoms with van der Waals surface area (Å²) in [5.74, 6) is -0.584. The second kappa shape index (κ2) is 8.21. The number of non-ortho nitro benzene ring substituents is 1. The molecule has 7 nitrogen and oxygen atoms in total. The summed E-state index contributed by atoms with van der Waals surface area (Å²) >= 11 is 1.55. The fraction of sp³-hybridized carbons (Fsp3) is 0.250. The molecule has 2 amide bonds. The van der Waals surface area contributed by atoms with Crippen LogP contribution in [0.3, 0.4) is 0 Å². The zero-order chi connectivity index (χ0) is 17.5. The van der Waals surface area contributed by atoms with Gasteiger partial charge in [0.2, 0.25) is 5.91 Å². The summed E-state index contributed by atoms with van der Waals surface area (Å²) in [4.78, 5) is 37.0. The summed E-state index contributed by atoms with van der Waals surface area (Å²) in [7, 11) is 0. The molecule has 1 heterocycles. The lowest BCUT2D eigenvalue weighted by atomic mass is 10.2. The maximum atomic E-state index is 12.4. The zero-order valence-corrected chi connectivity index (χ0v) is 13.9. The monoisotopic (exact) mass is 347 g/mol. The molecule has 2 rings (SSSR count). The van der Waals surface area contributed by atoms with E-state index < -0.39 is 4.92 Å². The Morgan fingerprint density at radius 3 is 2.50 bits per heavy atom. The first-order valence-corrected chi connectivity index (χ1v) is 8.22. The van der Waals surface area contributed by atoms with Crippen molar-refractivity contribution in [2.24, 2.45) is 0 Å². The molecule has 1 aromatic heterocycles. The highest BCUT2D eigenvalue weighted by molar-refractivity contribution is 7.09. The van der Waals surface area contributed by atoms with Gasteiger partial charge in [-0.05, 0) is 30.5 Å².